The van der Waals surface area contributed by atoms with E-state index < -0.39 is 23.1 Å². The van der Waals surface area contributed by atoms with Gasteiger partial charge in [-0.15, -0.1) is 0 Å². The lowest BCUT2D eigenvalue weighted by atomic mass is 10.0. The van der Waals surface area contributed by atoms with Crippen LogP contribution in [0.3, 0.4) is 0 Å². The van der Waals surface area contributed by atoms with Gasteiger partial charge in [0.2, 0.25) is 11.3 Å². The van der Waals surface area contributed by atoms with E-state index in [1.54, 1.807) is 13.0 Å². The maximum atomic E-state index is 13.4. The van der Waals surface area contributed by atoms with E-state index in [4.69, 9.17) is 22.1 Å². The van der Waals surface area contributed by atoms with Gasteiger partial charge in [0, 0.05) is 12.7 Å². The van der Waals surface area contributed by atoms with Crippen LogP contribution in [0, 0.1) is 5.82 Å². The highest BCUT2D eigenvalue weighted by atomic mass is 35.5. The second kappa shape index (κ2) is 7.74. The molecule has 2 aliphatic rings. The van der Waals surface area contributed by atoms with Crippen LogP contribution < -0.4 is 16.5 Å². The molecule has 31 heavy (non-hydrogen) atoms. The number of carbonyl (C=O) groups excluding carboxylic acids is 2. The quantitative estimate of drug-likeness (QED) is 0.739. The topological polar surface area (TPSA) is 107 Å². The zero-order valence-electron chi connectivity index (χ0n) is 17.1. The molecule has 1 saturated heterocycles. The molecule has 8 nitrogen and oxygen atoms in total. The Balaban J connectivity index is 1.65. The van der Waals surface area contributed by atoms with Gasteiger partial charge in [0.1, 0.15) is 22.1 Å². The fraction of sp³-hybridized carbons (Fsp3) is 0.381. The molecule has 1 aromatic heterocycles. The minimum Gasteiger partial charge on any atom is -0.348 e. The van der Waals surface area contributed by atoms with Crippen LogP contribution >= 0.6 is 11.6 Å². The SMILES string of the molecule is CCc1cc(F)ccc1CNC(=O)c1cn2c(c(Cl)c1=O)C(=O)N1[C@@H](C)CO[C@]1(N)C2. The van der Waals surface area contributed by atoms with Gasteiger partial charge >= 0.3 is 0 Å². The summed E-state index contributed by atoms with van der Waals surface area (Å²) < 4.78 is 20.4. The average molecular weight is 449 g/mol. The summed E-state index contributed by atoms with van der Waals surface area (Å²) >= 11 is 6.24. The fourth-order valence-electron chi connectivity index (χ4n) is 4.13. The normalized spacial score (nSPS) is 22.3. The number of rotatable bonds is 4. The smallest absolute Gasteiger partial charge is 0.275 e. The summed E-state index contributed by atoms with van der Waals surface area (Å²) in [6.45, 7) is 4.05. The minimum absolute atomic E-state index is 0.0200. The molecule has 0 unspecified atom stereocenters. The van der Waals surface area contributed by atoms with E-state index in [0.717, 1.165) is 11.1 Å². The number of nitrogens with zero attached hydrogens (tertiary/aromatic N) is 2. The third-order valence-corrected chi connectivity index (χ3v) is 6.05. The molecule has 0 radical (unpaired) electrons. The molecule has 0 saturated carbocycles. The van der Waals surface area contributed by atoms with Gasteiger partial charge in [0.15, 0.2) is 0 Å². The second-order valence-corrected chi connectivity index (χ2v) is 8.17. The summed E-state index contributed by atoms with van der Waals surface area (Å²) in [5, 5.41) is 2.33. The van der Waals surface area contributed by atoms with Crippen molar-refractivity contribution in [2.75, 3.05) is 6.61 Å². The van der Waals surface area contributed by atoms with Gasteiger partial charge in [-0.25, -0.2) is 4.39 Å². The Morgan fingerprint density at radius 1 is 1.39 bits per heavy atom. The molecule has 1 aromatic carbocycles. The summed E-state index contributed by atoms with van der Waals surface area (Å²) in [6, 6.07) is 4.04. The molecule has 2 atom stereocenters. The van der Waals surface area contributed by atoms with E-state index in [9.17, 15) is 18.8 Å². The maximum Gasteiger partial charge on any atom is 0.275 e. The summed E-state index contributed by atoms with van der Waals surface area (Å²) in [5.41, 5.74) is 6.77. The maximum absolute atomic E-state index is 13.4. The lowest BCUT2D eigenvalue weighted by Gasteiger charge is -2.40. The summed E-state index contributed by atoms with van der Waals surface area (Å²) in [4.78, 5) is 39.9. The Morgan fingerprint density at radius 3 is 2.84 bits per heavy atom. The molecule has 2 aliphatic heterocycles. The van der Waals surface area contributed by atoms with Crippen molar-refractivity contribution in [1.82, 2.24) is 14.8 Å². The third-order valence-electron chi connectivity index (χ3n) is 5.70. The van der Waals surface area contributed by atoms with Crippen LogP contribution in [-0.2, 0) is 24.2 Å². The molecule has 3 N–H and O–H groups in total. The predicted molar refractivity (Wildman–Crippen MR) is 111 cm³/mol. The van der Waals surface area contributed by atoms with E-state index in [0.29, 0.717) is 6.42 Å². The van der Waals surface area contributed by atoms with Crippen molar-refractivity contribution in [3.63, 3.8) is 0 Å². The van der Waals surface area contributed by atoms with Crippen molar-refractivity contribution < 1.29 is 18.7 Å². The van der Waals surface area contributed by atoms with Crippen molar-refractivity contribution in [3.05, 3.63) is 67.8 Å². The summed E-state index contributed by atoms with van der Waals surface area (Å²) in [5.74, 6) is -2.91. The number of halogens is 2. The minimum atomic E-state index is -1.38. The molecule has 0 bridgehead atoms. The van der Waals surface area contributed by atoms with Crippen molar-refractivity contribution in [3.8, 4) is 0 Å². The number of aromatic nitrogens is 1. The Kier molecular flexibility index (Phi) is 5.36. The fourth-order valence-corrected chi connectivity index (χ4v) is 4.43. The van der Waals surface area contributed by atoms with E-state index in [2.05, 4.69) is 5.32 Å². The largest absolute Gasteiger partial charge is 0.348 e. The van der Waals surface area contributed by atoms with Crippen LogP contribution in [-0.4, -0.2) is 39.8 Å². The van der Waals surface area contributed by atoms with Gasteiger partial charge in [-0.05, 0) is 36.6 Å². The number of fused-ring (bicyclic) bond motifs is 2. The Labute approximate surface area is 182 Å². The predicted octanol–water partition coefficient (Wildman–Crippen LogP) is 1.62. The molecule has 3 heterocycles. The van der Waals surface area contributed by atoms with Gasteiger partial charge in [-0.2, -0.15) is 0 Å². The van der Waals surface area contributed by atoms with Crippen molar-refractivity contribution >= 4 is 23.4 Å². The number of hydrogen-bond acceptors (Lipinski definition) is 5. The zero-order valence-corrected chi connectivity index (χ0v) is 17.8. The highest BCUT2D eigenvalue weighted by Gasteiger charge is 2.51. The summed E-state index contributed by atoms with van der Waals surface area (Å²) in [7, 11) is 0. The highest BCUT2D eigenvalue weighted by molar-refractivity contribution is 6.33. The Hall–Kier alpha value is -2.75. The zero-order chi connectivity index (χ0) is 22.5. The number of hydrogen-bond donors (Lipinski definition) is 2. The number of nitrogens with two attached hydrogens (primary N) is 1. The van der Waals surface area contributed by atoms with Crippen LogP contribution in [0.4, 0.5) is 4.39 Å². The molecule has 0 spiro atoms. The first-order valence-electron chi connectivity index (χ1n) is 9.91. The van der Waals surface area contributed by atoms with Gasteiger partial charge < -0.3 is 14.6 Å². The first-order chi connectivity index (χ1) is 14.7. The highest BCUT2D eigenvalue weighted by Crippen LogP contribution is 2.33. The average Bonchev–Trinajstić information content (AvgIpc) is 3.03. The van der Waals surface area contributed by atoms with E-state index in [1.807, 2.05) is 6.92 Å². The Morgan fingerprint density at radius 2 is 2.13 bits per heavy atom. The van der Waals surface area contributed by atoms with Crippen LogP contribution in [0.1, 0.15) is 45.8 Å². The number of amides is 2. The molecular weight excluding hydrogens is 427 g/mol. The number of nitrogens with one attached hydrogen (secondary N) is 1. The van der Waals surface area contributed by atoms with Crippen molar-refractivity contribution in [1.29, 1.82) is 0 Å². The van der Waals surface area contributed by atoms with E-state index in [1.165, 1.54) is 27.8 Å². The molecule has 10 heteroatoms. The molecule has 1 fully saturated rings. The lowest BCUT2D eigenvalue weighted by molar-refractivity contribution is -0.0848. The standard InChI is InChI=1S/C21H22ClFN4O4/c1-3-12-6-14(23)5-4-13(12)7-25-19(29)15-8-26-10-21(24)27(11(2)9-31-21)20(30)17(26)16(22)18(15)28/h4-6,8,11H,3,7,9-10,24H2,1-2H3,(H,25,29)/t11-,21-/m0/s1. The molecule has 2 amide bonds. The van der Waals surface area contributed by atoms with Crippen LogP contribution in [0.2, 0.25) is 5.02 Å². The Bertz CT molecular complexity index is 1150. The first kappa shape index (κ1) is 21.5. The molecule has 0 aliphatic carbocycles. The van der Waals surface area contributed by atoms with Crippen molar-refractivity contribution in [2.24, 2.45) is 5.73 Å². The van der Waals surface area contributed by atoms with Crippen LogP contribution in [0.5, 0.6) is 0 Å². The molecular formula is C21H22ClFN4O4. The molecule has 164 valence electrons. The second-order valence-electron chi connectivity index (χ2n) is 7.79. The van der Waals surface area contributed by atoms with Crippen LogP contribution in [0.25, 0.3) is 0 Å². The molecule has 4 rings (SSSR count). The first-order valence-corrected chi connectivity index (χ1v) is 10.3. The number of pyridine rings is 1. The number of benzene rings is 1. The van der Waals surface area contributed by atoms with Gasteiger partial charge in [0.25, 0.3) is 11.8 Å². The van der Waals surface area contributed by atoms with Gasteiger partial charge in [0.05, 0.1) is 19.2 Å². The lowest BCUT2D eigenvalue weighted by Crippen LogP contribution is -2.63. The number of aryl methyl sites for hydroxylation is 1. The van der Waals surface area contributed by atoms with Crippen molar-refractivity contribution in [2.45, 2.75) is 45.2 Å². The third kappa shape index (κ3) is 3.52. The van der Waals surface area contributed by atoms with Gasteiger partial charge in [-0.1, -0.05) is 24.6 Å². The number of carbonyl (C=O) groups is 2. The number of ether oxygens (including phenoxy) is 1. The van der Waals surface area contributed by atoms with E-state index in [-0.39, 0.29) is 47.8 Å². The molecule has 2 aromatic rings. The van der Waals surface area contributed by atoms with Crippen LogP contribution in [0.15, 0.2) is 29.2 Å². The van der Waals surface area contributed by atoms with Gasteiger partial charge in [-0.3, -0.25) is 25.0 Å². The summed E-state index contributed by atoms with van der Waals surface area (Å²) in [6.07, 6.45) is 1.87. The monoisotopic (exact) mass is 448 g/mol. The van der Waals surface area contributed by atoms with E-state index >= 15 is 0 Å².